The Labute approximate surface area is 165 Å². The third kappa shape index (κ3) is 5.30. The number of likely N-dealkylation sites (N-methyl/N-ethyl adjacent to an activating group) is 1. The third-order valence-corrected chi connectivity index (χ3v) is 4.25. The number of ether oxygens (including phenoxy) is 4. The average molecular weight is 384 g/mol. The molecule has 0 N–H and O–H groups in total. The minimum atomic E-state index is -0.160. The van der Waals surface area contributed by atoms with Gasteiger partial charge in [-0.3, -0.25) is 4.79 Å². The lowest BCUT2D eigenvalue weighted by Crippen LogP contribution is -2.33. The van der Waals surface area contributed by atoms with Crippen LogP contribution >= 0.6 is 0 Å². The van der Waals surface area contributed by atoms with Gasteiger partial charge in [0.25, 0.3) is 5.91 Å². The second-order valence-corrected chi connectivity index (χ2v) is 6.02. The largest absolute Gasteiger partial charge is 0.493 e. The zero-order chi connectivity index (χ0) is 20.5. The molecule has 7 nitrogen and oxygen atoms in total. The number of hydrogen-bond donors (Lipinski definition) is 0. The van der Waals surface area contributed by atoms with Crippen molar-refractivity contribution < 1.29 is 23.7 Å². The van der Waals surface area contributed by atoms with E-state index in [1.807, 2.05) is 24.3 Å². The Balaban J connectivity index is 1.91. The van der Waals surface area contributed by atoms with Gasteiger partial charge >= 0.3 is 0 Å². The van der Waals surface area contributed by atoms with Crippen LogP contribution in [0.25, 0.3) is 0 Å². The van der Waals surface area contributed by atoms with Crippen molar-refractivity contribution in [1.29, 1.82) is 5.26 Å². The highest BCUT2D eigenvalue weighted by atomic mass is 16.5. The third-order valence-electron chi connectivity index (χ3n) is 4.25. The molecule has 0 radical (unpaired) electrons. The molecule has 0 atom stereocenters. The summed E-state index contributed by atoms with van der Waals surface area (Å²) in [4.78, 5) is 14.0. The first kappa shape index (κ1) is 20.9. The van der Waals surface area contributed by atoms with Crippen molar-refractivity contribution in [3.05, 3.63) is 47.5 Å². The van der Waals surface area contributed by atoms with E-state index >= 15 is 0 Å². The molecule has 2 aromatic rings. The fourth-order valence-corrected chi connectivity index (χ4v) is 2.56. The molecule has 0 aromatic heterocycles. The number of methoxy groups -OCH3 is 3. The minimum absolute atomic E-state index is 0.120. The highest BCUT2D eigenvalue weighted by Gasteiger charge is 2.13. The quantitative estimate of drug-likeness (QED) is 0.661. The van der Waals surface area contributed by atoms with E-state index < -0.39 is 0 Å². The van der Waals surface area contributed by atoms with Crippen molar-refractivity contribution in [3.63, 3.8) is 0 Å². The van der Waals surface area contributed by atoms with E-state index in [1.54, 1.807) is 44.4 Å². The Kier molecular flexibility index (Phi) is 7.52. The van der Waals surface area contributed by atoms with Gasteiger partial charge in [0.05, 0.1) is 33.0 Å². The van der Waals surface area contributed by atoms with E-state index in [0.29, 0.717) is 41.5 Å². The van der Waals surface area contributed by atoms with Gasteiger partial charge < -0.3 is 23.8 Å². The first-order valence-corrected chi connectivity index (χ1v) is 8.68. The van der Waals surface area contributed by atoms with Gasteiger partial charge in [-0.1, -0.05) is 6.07 Å². The Morgan fingerprint density at radius 1 is 0.964 bits per heavy atom. The van der Waals surface area contributed by atoms with Crippen molar-refractivity contribution in [2.75, 3.05) is 41.5 Å². The molecule has 2 aromatic carbocycles. The summed E-state index contributed by atoms with van der Waals surface area (Å²) >= 11 is 0. The number of amides is 1. The van der Waals surface area contributed by atoms with Crippen LogP contribution in [-0.4, -0.2) is 52.3 Å². The average Bonchev–Trinajstić information content (AvgIpc) is 2.75. The molecule has 0 aliphatic carbocycles. The van der Waals surface area contributed by atoms with Gasteiger partial charge in [-0.15, -0.1) is 0 Å². The van der Waals surface area contributed by atoms with Crippen LogP contribution in [0, 0.1) is 11.3 Å². The molecule has 0 spiro atoms. The van der Waals surface area contributed by atoms with Crippen LogP contribution in [0.5, 0.6) is 23.0 Å². The maximum absolute atomic E-state index is 12.3. The summed E-state index contributed by atoms with van der Waals surface area (Å²) in [5.74, 6) is 2.00. The van der Waals surface area contributed by atoms with Crippen molar-refractivity contribution in [1.82, 2.24) is 4.90 Å². The van der Waals surface area contributed by atoms with Crippen LogP contribution in [0.4, 0.5) is 0 Å². The predicted octanol–water partition coefficient (Wildman–Crippen LogP) is 2.66. The van der Waals surface area contributed by atoms with E-state index in [2.05, 4.69) is 0 Å². The molecule has 0 bridgehead atoms. The molecule has 7 heteroatoms. The van der Waals surface area contributed by atoms with Crippen molar-refractivity contribution in [2.45, 2.75) is 6.42 Å². The summed E-state index contributed by atoms with van der Waals surface area (Å²) in [5.41, 5.74) is 1.49. The fraction of sp³-hybridized carbons (Fsp3) is 0.333. The van der Waals surface area contributed by atoms with Crippen LogP contribution in [0.3, 0.4) is 0 Å². The molecule has 28 heavy (non-hydrogen) atoms. The first-order chi connectivity index (χ1) is 13.5. The van der Waals surface area contributed by atoms with Gasteiger partial charge in [-0.2, -0.15) is 5.26 Å². The molecule has 0 saturated heterocycles. The first-order valence-electron chi connectivity index (χ1n) is 8.68. The molecule has 0 heterocycles. The lowest BCUT2D eigenvalue weighted by molar-refractivity contribution is -0.132. The number of hydrogen-bond acceptors (Lipinski definition) is 6. The van der Waals surface area contributed by atoms with E-state index in [1.165, 1.54) is 7.11 Å². The van der Waals surface area contributed by atoms with Gasteiger partial charge in [-0.05, 0) is 36.2 Å². The standard InChI is InChI=1S/C21H24N2O5/c1-23(10-9-15-5-7-17(25-2)19(11-15)26-3)21(24)14-28-18-8-6-16(13-22)12-20(18)27-4/h5-8,11-12H,9-10,14H2,1-4H3. The van der Waals surface area contributed by atoms with Crippen molar-refractivity contribution in [2.24, 2.45) is 0 Å². The van der Waals surface area contributed by atoms with Gasteiger partial charge in [-0.25, -0.2) is 0 Å². The smallest absolute Gasteiger partial charge is 0.260 e. The van der Waals surface area contributed by atoms with Gasteiger partial charge in [0, 0.05) is 19.7 Å². The zero-order valence-electron chi connectivity index (χ0n) is 16.5. The van der Waals surface area contributed by atoms with Crippen LogP contribution in [0.1, 0.15) is 11.1 Å². The number of rotatable bonds is 9. The van der Waals surface area contributed by atoms with Crippen LogP contribution < -0.4 is 18.9 Å². The van der Waals surface area contributed by atoms with E-state index in [0.717, 1.165) is 5.56 Å². The number of benzene rings is 2. The van der Waals surface area contributed by atoms with Crippen LogP contribution in [-0.2, 0) is 11.2 Å². The lowest BCUT2D eigenvalue weighted by atomic mass is 10.1. The molecular formula is C21H24N2O5. The van der Waals surface area contributed by atoms with E-state index in [9.17, 15) is 4.79 Å². The maximum Gasteiger partial charge on any atom is 0.260 e. The van der Waals surface area contributed by atoms with Crippen LogP contribution in [0.15, 0.2) is 36.4 Å². The highest BCUT2D eigenvalue weighted by Crippen LogP contribution is 2.28. The van der Waals surface area contributed by atoms with E-state index in [-0.39, 0.29) is 12.5 Å². The summed E-state index contributed by atoms with van der Waals surface area (Å²) < 4.78 is 21.3. The van der Waals surface area contributed by atoms with E-state index in [4.69, 9.17) is 24.2 Å². The summed E-state index contributed by atoms with van der Waals surface area (Å²) in [5, 5.41) is 8.93. The fourth-order valence-electron chi connectivity index (χ4n) is 2.56. The zero-order valence-corrected chi connectivity index (χ0v) is 16.5. The number of nitrogens with zero attached hydrogens (tertiary/aromatic N) is 2. The maximum atomic E-state index is 12.3. The summed E-state index contributed by atoms with van der Waals surface area (Å²) in [6, 6.07) is 12.5. The molecule has 0 saturated carbocycles. The topological polar surface area (TPSA) is 81.0 Å². The molecule has 0 fully saturated rings. The lowest BCUT2D eigenvalue weighted by Gasteiger charge is -2.18. The monoisotopic (exact) mass is 384 g/mol. The van der Waals surface area contributed by atoms with Crippen molar-refractivity contribution in [3.8, 4) is 29.1 Å². The minimum Gasteiger partial charge on any atom is -0.493 e. The highest BCUT2D eigenvalue weighted by molar-refractivity contribution is 5.77. The molecule has 0 aliphatic heterocycles. The number of nitriles is 1. The van der Waals surface area contributed by atoms with Crippen LogP contribution in [0.2, 0.25) is 0 Å². The molecule has 1 amide bonds. The molecule has 0 unspecified atom stereocenters. The van der Waals surface area contributed by atoms with Gasteiger partial charge in [0.1, 0.15) is 0 Å². The predicted molar refractivity (Wildman–Crippen MR) is 104 cm³/mol. The molecule has 148 valence electrons. The Bertz CT molecular complexity index is 860. The van der Waals surface area contributed by atoms with Gasteiger partial charge in [0.2, 0.25) is 0 Å². The summed E-state index contributed by atoms with van der Waals surface area (Å²) in [6.45, 7) is 0.410. The molecule has 2 rings (SSSR count). The Morgan fingerprint density at radius 2 is 1.61 bits per heavy atom. The second kappa shape index (κ2) is 10.1. The summed E-state index contributed by atoms with van der Waals surface area (Å²) in [7, 11) is 6.39. The SMILES string of the molecule is COc1ccc(CCN(C)C(=O)COc2ccc(C#N)cc2OC)cc1OC. The number of carbonyl (C=O) groups is 1. The summed E-state index contributed by atoms with van der Waals surface area (Å²) in [6.07, 6.45) is 0.669. The molecular weight excluding hydrogens is 360 g/mol. The Morgan fingerprint density at radius 3 is 2.25 bits per heavy atom. The van der Waals surface area contributed by atoms with Crippen molar-refractivity contribution >= 4 is 5.91 Å². The van der Waals surface area contributed by atoms with Gasteiger partial charge in [0.15, 0.2) is 29.6 Å². The normalized spacial score (nSPS) is 9.96. The Hall–Kier alpha value is -3.40. The number of carbonyl (C=O) groups excluding carboxylic acids is 1. The second-order valence-electron chi connectivity index (χ2n) is 6.02. The molecule has 0 aliphatic rings.